The Balaban J connectivity index is 1.75. The van der Waals surface area contributed by atoms with E-state index in [0.29, 0.717) is 33.5 Å². The van der Waals surface area contributed by atoms with Crippen LogP contribution < -0.4 is 19.5 Å². The molecule has 0 aliphatic rings. The molecule has 160 valence electrons. The lowest BCUT2D eigenvalue weighted by molar-refractivity contribution is 0.0902. The summed E-state index contributed by atoms with van der Waals surface area (Å²) in [5.41, 5.74) is 1.81. The summed E-state index contributed by atoms with van der Waals surface area (Å²) >= 11 is 5.95. The number of aromatic nitrogens is 1. The smallest absolute Gasteiger partial charge is 0.251 e. The van der Waals surface area contributed by atoms with Crippen molar-refractivity contribution in [1.82, 2.24) is 10.3 Å². The van der Waals surface area contributed by atoms with E-state index in [-0.39, 0.29) is 18.0 Å². The molecule has 0 fully saturated rings. The Morgan fingerprint density at radius 3 is 2.16 bits per heavy atom. The highest BCUT2D eigenvalue weighted by atomic mass is 35.5. The van der Waals surface area contributed by atoms with Gasteiger partial charge in [-0.3, -0.25) is 9.59 Å². The van der Waals surface area contributed by atoms with Crippen LogP contribution in [-0.2, 0) is 0 Å². The number of pyridine rings is 1. The van der Waals surface area contributed by atoms with Crippen molar-refractivity contribution in [2.75, 3.05) is 27.9 Å². The molecule has 0 atom stereocenters. The number of benzene rings is 2. The monoisotopic (exact) mass is 440 g/mol. The Labute approximate surface area is 184 Å². The number of methoxy groups -OCH3 is 3. The number of Topliss-reactive ketones (excluding diaryl/α,β-unsaturated/α-hetero) is 1. The van der Waals surface area contributed by atoms with Gasteiger partial charge in [0, 0.05) is 16.1 Å². The van der Waals surface area contributed by atoms with Crippen LogP contribution in [0.5, 0.6) is 17.2 Å². The number of carbonyl (C=O) groups is 2. The fourth-order valence-electron chi connectivity index (χ4n) is 2.91. The van der Waals surface area contributed by atoms with Gasteiger partial charge >= 0.3 is 0 Å². The van der Waals surface area contributed by atoms with Crippen LogP contribution in [0.1, 0.15) is 20.8 Å². The molecule has 0 aliphatic carbocycles. The highest BCUT2D eigenvalue weighted by Gasteiger charge is 2.16. The first kappa shape index (κ1) is 22.1. The van der Waals surface area contributed by atoms with Crippen LogP contribution in [0.3, 0.4) is 0 Å². The first-order valence-corrected chi connectivity index (χ1v) is 9.69. The van der Waals surface area contributed by atoms with E-state index in [4.69, 9.17) is 25.8 Å². The molecule has 8 heteroatoms. The van der Waals surface area contributed by atoms with Crippen LogP contribution >= 0.6 is 11.6 Å². The summed E-state index contributed by atoms with van der Waals surface area (Å²) in [6, 6.07) is 15.0. The third kappa shape index (κ3) is 5.13. The van der Waals surface area contributed by atoms with Gasteiger partial charge in [0.15, 0.2) is 17.3 Å². The summed E-state index contributed by atoms with van der Waals surface area (Å²) in [5.74, 6) is 0.693. The zero-order valence-corrected chi connectivity index (χ0v) is 18.0. The summed E-state index contributed by atoms with van der Waals surface area (Å²) in [7, 11) is 4.52. The zero-order chi connectivity index (χ0) is 22.4. The average molecular weight is 441 g/mol. The van der Waals surface area contributed by atoms with E-state index in [2.05, 4.69) is 10.3 Å². The molecule has 0 saturated heterocycles. The van der Waals surface area contributed by atoms with Gasteiger partial charge in [-0.1, -0.05) is 23.7 Å². The minimum absolute atomic E-state index is 0.207. The number of rotatable bonds is 8. The van der Waals surface area contributed by atoms with Gasteiger partial charge in [0.05, 0.1) is 27.9 Å². The Hall–Kier alpha value is -3.58. The molecule has 0 unspecified atom stereocenters. The number of amides is 1. The van der Waals surface area contributed by atoms with Crippen molar-refractivity contribution in [3.8, 4) is 28.5 Å². The van der Waals surface area contributed by atoms with Crippen molar-refractivity contribution >= 4 is 23.3 Å². The predicted octanol–water partition coefficient (Wildman–Crippen LogP) is 4.04. The van der Waals surface area contributed by atoms with Crippen LogP contribution in [0.4, 0.5) is 0 Å². The minimum Gasteiger partial charge on any atom is -0.494 e. The summed E-state index contributed by atoms with van der Waals surface area (Å²) in [5, 5.41) is 3.20. The van der Waals surface area contributed by atoms with Crippen LogP contribution in [-0.4, -0.2) is 44.5 Å². The number of ketones is 1. The molecule has 1 aromatic heterocycles. The summed E-state index contributed by atoms with van der Waals surface area (Å²) in [6.07, 6.45) is 0. The molecule has 31 heavy (non-hydrogen) atoms. The van der Waals surface area contributed by atoms with E-state index in [1.807, 2.05) is 0 Å². The molecule has 0 bridgehead atoms. The fourth-order valence-corrected chi connectivity index (χ4v) is 3.04. The maximum Gasteiger partial charge on any atom is 0.251 e. The van der Waals surface area contributed by atoms with E-state index < -0.39 is 5.91 Å². The first-order valence-electron chi connectivity index (χ1n) is 9.31. The van der Waals surface area contributed by atoms with Gasteiger partial charge in [-0.05, 0) is 42.5 Å². The summed E-state index contributed by atoms with van der Waals surface area (Å²) in [4.78, 5) is 29.6. The largest absolute Gasteiger partial charge is 0.494 e. The molecule has 3 aromatic rings. The highest BCUT2D eigenvalue weighted by Crippen LogP contribution is 2.29. The molecular weight excluding hydrogens is 420 g/mol. The van der Waals surface area contributed by atoms with Crippen molar-refractivity contribution in [3.63, 3.8) is 0 Å². The second-order valence-corrected chi connectivity index (χ2v) is 6.87. The Kier molecular flexibility index (Phi) is 7.10. The van der Waals surface area contributed by atoms with Gasteiger partial charge in [0.1, 0.15) is 17.1 Å². The number of carbonyl (C=O) groups excluding carboxylic acids is 2. The lowest BCUT2D eigenvalue weighted by Gasteiger charge is -2.11. The second-order valence-electron chi connectivity index (χ2n) is 6.43. The number of ether oxygens (including phenoxy) is 3. The van der Waals surface area contributed by atoms with Crippen molar-refractivity contribution in [2.45, 2.75) is 0 Å². The van der Waals surface area contributed by atoms with E-state index in [9.17, 15) is 9.59 Å². The molecule has 1 amide bonds. The SMILES string of the molecule is COc1ccc(C(=O)NCC(=O)c2ccc(OC)c(-c3ccc(Cl)cc3)n2)cc1OC. The third-order valence-corrected chi connectivity index (χ3v) is 4.79. The normalized spacial score (nSPS) is 10.3. The molecule has 3 rings (SSSR count). The lowest BCUT2D eigenvalue weighted by Crippen LogP contribution is -2.30. The summed E-state index contributed by atoms with van der Waals surface area (Å²) in [6.45, 7) is -0.216. The quantitative estimate of drug-likeness (QED) is 0.532. The van der Waals surface area contributed by atoms with Crippen molar-refractivity contribution in [3.05, 3.63) is 70.9 Å². The van der Waals surface area contributed by atoms with Crippen LogP contribution in [0.2, 0.25) is 5.02 Å². The van der Waals surface area contributed by atoms with Gasteiger partial charge in [-0.15, -0.1) is 0 Å². The Morgan fingerprint density at radius 2 is 1.52 bits per heavy atom. The van der Waals surface area contributed by atoms with Crippen LogP contribution in [0.15, 0.2) is 54.6 Å². The molecule has 7 nitrogen and oxygen atoms in total. The number of hydrogen-bond donors (Lipinski definition) is 1. The molecule has 2 aromatic carbocycles. The number of hydrogen-bond acceptors (Lipinski definition) is 6. The number of nitrogens with one attached hydrogen (secondary N) is 1. The van der Waals surface area contributed by atoms with E-state index in [0.717, 1.165) is 5.56 Å². The standard InChI is InChI=1S/C23H21ClN2O5/c1-29-19-10-6-15(12-21(19)31-3)23(28)25-13-18(27)17-9-11-20(30-2)22(26-17)14-4-7-16(24)8-5-14/h4-12H,13H2,1-3H3,(H,25,28). The van der Waals surface area contributed by atoms with E-state index in [1.54, 1.807) is 54.6 Å². The van der Waals surface area contributed by atoms with Crippen molar-refractivity contribution in [1.29, 1.82) is 0 Å². The van der Waals surface area contributed by atoms with Gasteiger partial charge in [-0.2, -0.15) is 0 Å². The van der Waals surface area contributed by atoms with Crippen LogP contribution in [0.25, 0.3) is 11.3 Å². The topological polar surface area (TPSA) is 86.8 Å². The van der Waals surface area contributed by atoms with Gasteiger partial charge in [-0.25, -0.2) is 4.98 Å². The Bertz CT molecular complexity index is 1100. The molecule has 0 aliphatic heterocycles. The van der Waals surface area contributed by atoms with Gasteiger partial charge in [0.2, 0.25) is 0 Å². The molecular formula is C23H21ClN2O5. The van der Waals surface area contributed by atoms with Crippen LogP contribution in [0, 0.1) is 0 Å². The van der Waals surface area contributed by atoms with Crippen molar-refractivity contribution in [2.24, 2.45) is 0 Å². The Morgan fingerprint density at radius 1 is 0.871 bits per heavy atom. The number of nitrogens with zero attached hydrogens (tertiary/aromatic N) is 1. The molecule has 0 spiro atoms. The molecule has 1 N–H and O–H groups in total. The summed E-state index contributed by atoms with van der Waals surface area (Å²) < 4.78 is 15.7. The first-order chi connectivity index (χ1) is 15.0. The predicted molar refractivity (Wildman–Crippen MR) is 117 cm³/mol. The maximum absolute atomic E-state index is 12.7. The zero-order valence-electron chi connectivity index (χ0n) is 17.3. The number of halogens is 1. The maximum atomic E-state index is 12.7. The minimum atomic E-state index is -0.416. The lowest BCUT2D eigenvalue weighted by atomic mass is 10.1. The van der Waals surface area contributed by atoms with Gasteiger partial charge in [0.25, 0.3) is 5.91 Å². The highest BCUT2D eigenvalue weighted by molar-refractivity contribution is 6.30. The van der Waals surface area contributed by atoms with E-state index in [1.165, 1.54) is 21.3 Å². The molecule has 0 radical (unpaired) electrons. The average Bonchev–Trinajstić information content (AvgIpc) is 2.81. The van der Waals surface area contributed by atoms with E-state index >= 15 is 0 Å². The molecule has 1 heterocycles. The molecule has 0 saturated carbocycles. The third-order valence-electron chi connectivity index (χ3n) is 4.54. The van der Waals surface area contributed by atoms with Crippen molar-refractivity contribution < 1.29 is 23.8 Å². The second kappa shape index (κ2) is 9.95. The van der Waals surface area contributed by atoms with Gasteiger partial charge < -0.3 is 19.5 Å². The fraction of sp³-hybridized carbons (Fsp3) is 0.174.